The van der Waals surface area contributed by atoms with Crippen molar-refractivity contribution < 1.29 is 5.11 Å². The van der Waals surface area contributed by atoms with Gasteiger partial charge < -0.3 is 10.4 Å². The van der Waals surface area contributed by atoms with Gasteiger partial charge >= 0.3 is 0 Å². The molecule has 0 radical (unpaired) electrons. The molecule has 0 aromatic heterocycles. The number of halogens is 1. The first-order valence-electron chi connectivity index (χ1n) is 6.46. The maximum Gasteiger partial charge on any atom is 0.120 e. The van der Waals surface area contributed by atoms with Crippen LogP contribution in [-0.4, -0.2) is 5.11 Å². The third kappa shape index (κ3) is 3.82. The van der Waals surface area contributed by atoms with Crippen LogP contribution in [0.1, 0.15) is 30.5 Å². The van der Waals surface area contributed by atoms with Crippen LogP contribution in [0.15, 0.2) is 53.0 Å². The third-order valence-electron chi connectivity index (χ3n) is 3.17. The molecule has 0 heterocycles. The lowest BCUT2D eigenvalue weighted by Gasteiger charge is -2.19. The molecule has 0 saturated heterocycles. The van der Waals surface area contributed by atoms with Gasteiger partial charge in [-0.15, -0.1) is 0 Å². The Kier molecular flexibility index (Phi) is 5.00. The molecule has 19 heavy (non-hydrogen) atoms. The van der Waals surface area contributed by atoms with Gasteiger partial charge in [0.2, 0.25) is 0 Å². The van der Waals surface area contributed by atoms with Crippen molar-refractivity contribution in [1.82, 2.24) is 5.32 Å². The van der Waals surface area contributed by atoms with Crippen molar-refractivity contribution >= 4 is 15.9 Å². The van der Waals surface area contributed by atoms with Crippen molar-refractivity contribution in [3.63, 3.8) is 0 Å². The summed E-state index contributed by atoms with van der Waals surface area (Å²) in [6.45, 7) is 2.91. The first-order chi connectivity index (χ1) is 9.20. The minimum atomic E-state index is 0.151. The molecule has 0 aliphatic carbocycles. The average molecular weight is 320 g/mol. The smallest absolute Gasteiger partial charge is 0.120 e. The normalized spacial score (nSPS) is 12.3. The standard InChI is InChI=1S/C16H18BrNO/c1-2-15(14-10-13(17)8-9-16(14)19)18-11-12-6-4-3-5-7-12/h3-10,15,18-19H,2,11H2,1H3. The molecule has 0 spiro atoms. The zero-order chi connectivity index (χ0) is 13.7. The van der Waals surface area contributed by atoms with Gasteiger partial charge in [-0.3, -0.25) is 0 Å². The Hall–Kier alpha value is -1.32. The summed E-state index contributed by atoms with van der Waals surface area (Å²) in [6.07, 6.45) is 0.927. The molecular formula is C16H18BrNO. The van der Waals surface area contributed by atoms with Crippen molar-refractivity contribution in [3.8, 4) is 5.75 Å². The van der Waals surface area contributed by atoms with Gasteiger partial charge in [-0.05, 0) is 30.2 Å². The van der Waals surface area contributed by atoms with Crippen LogP contribution < -0.4 is 5.32 Å². The number of hydrogen-bond acceptors (Lipinski definition) is 2. The summed E-state index contributed by atoms with van der Waals surface area (Å²) in [5.74, 6) is 0.343. The summed E-state index contributed by atoms with van der Waals surface area (Å²) in [4.78, 5) is 0. The lowest BCUT2D eigenvalue weighted by molar-refractivity contribution is 0.440. The SMILES string of the molecule is CCC(NCc1ccccc1)c1cc(Br)ccc1O. The Bertz CT molecular complexity index is 528. The largest absolute Gasteiger partial charge is 0.508 e. The minimum absolute atomic E-state index is 0.151. The molecular weight excluding hydrogens is 302 g/mol. The van der Waals surface area contributed by atoms with Gasteiger partial charge in [0.25, 0.3) is 0 Å². The summed E-state index contributed by atoms with van der Waals surface area (Å²) in [6, 6.07) is 16.0. The highest BCUT2D eigenvalue weighted by molar-refractivity contribution is 9.10. The number of phenols is 1. The van der Waals surface area contributed by atoms with Crippen LogP contribution in [0.2, 0.25) is 0 Å². The number of benzene rings is 2. The predicted molar refractivity (Wildman–Crippen MR) is 82.1 cm³/mol. The summed E-state index contributed by atoms with van der Waals surface area (Å²) < 4.78 is 0.986. The van der Waals surface area contributed by atoms with Gasteiger partial charge in [0.15, 0.2) is 0 Å². The maximum atomic E-state index is 9.97. The van der Waals surface area contributed by atoms with Gasteiger partial charge in [-0.1, -0.05) is 53.2 Å². The molecule has 100 valence electrons. The van der Waals surface area contributed by atoms with E-state index in [1.54, 1.807) is 6.07 Å². The lowest BCUT2D eigenvalue weighted by atomic mass is 10.0. The zero-order valence-electron chi connectivity index (χ0n) is 10.9. The van der Waals surface area contributed by atoms with E-state index in [2.05, 4.69) is 40.3 Å². The summed E-state index contributed by atoms with van der Waals surface area (Å²) >= 11 is 3.45. The van der Waals surface area contributed by atoms with Crippen LogP contribution in [0.4, 0.5) is 0 Å². The number of aromatic hydroxyl groups is 1. The molecule has 1 atom stereocenters. The molecule has 2 nitrogen and oxygen atoms in total. The third-order valence-corrected chi connectivity index (χ3v) is 3.66. The van der Waals surface area contributed by atoms with E-state index in [-0.39, 0.29) is 6.04 Å². The van der Waals surface area contributed by atoms with Crippen molar-refractivity contribution in [2.75, 3.05) is 0 Å². The fourth-order valence-electron chi connectivity index (χ4n) is 2.12. The van der Waals surface area contributed by atoms with Crippen LogP contribution in [-0.2, 0) is 6.54 Å². The summed E-state index contributed by atoms with van der Waals surface area (Å²) in [7, 11) is 0. The Labute approximate surface area is 122 Å². The van der Waals surface area contributed by atoms with E-state index < -0.39 is 0 Å². The van der Waals surface area contributed by atoms with E-state index in [1.807, 2.05) is 30.3 Å². The molecule has 0 amide bonds. The lowest BCUT2D eigenvalue weighted by Crippen LogP contribution is -2.20. The van der Waals surface area contributed by atoms with E-state index >= 15 is 0 Å². The van der Waals surface area contributed by atoms with Crippen LogP contribution >= 0.6 is 15.9 Å². The van der Waals surface area contributed by atoms with Crippen molar-refractivity contribution in [2.45, 2.75) is 25.9 Å². The Morgan fingerprint density at radius 1 is 1.16 bits per heavy atom. The van der Waals surface area contributed by atoms with E-state index in [4.69, 9.17) is 0 Å². The van der Waals surface area contributed by atoms with Crippen molar-refractivity contribution in [1.29, 1.82) is 0 Å². The van der Waals surface area contributed by atoms with Crippen LogP contribution in [0, 0.1) is 0 Å². The topological polar surface area (TPSA) is 32.3 Å². The van der Waals surface area contributed by atoms with Crippen LogP contribution in [0.5, 0.6) is 5.75 Å². The molecule has 2 rings (SSSR count). The van der Waals surface area contributed by atoms with Crippen LogP contribution in [0.3, 0.4) is 0 Å². The average Bonchev–Trinajstić information content (AvgIpc) is 2.44. The molecule has 0 aliphatic heterocycles. The fourth-order valence-corrected chi connectivity index (χ4v) is 2.49. The second kappa shape index (κ2) is 6.73. The second-order valence-electron chi connectivity index (χ2n) is 4.53. The molecule has 0 fully saturated rings. The minimum Gasteiger partial charge on any atom is -0.508 e. The van der Waals surface area contributed by atoms with E-state index in [1.165, 1.54) is 5.56 Å². The van der Waals surface area contributed by atoms with E-state index in [0.29, 0.717) is 5.75 Å². The highest BCUT2D eigenvalue weighted by atomic mass is 79.9. The van der Waals surface area contributed by atoms with Gasteiger partial charge in [0.1, 0.15) is 5.75 Å². The van der Waals surface area contributed by atoms with Gasteiger partial charge in [0.05, 0.1) is 0 Å². The molecule has 2 N–H and O–H groups in total. The van der Waals surface area contributed by atoms with E-state index in [0.717, 1.165) is 23.0 Å². The number of rotatable bonds is 5. The zero-order valence-corrected chi connectivity index (χ0v) is 12.5. The van der Waals surface area contributed by atoms with Crippen molar-refractivity contribution in [3.05, 3.63) is 64.1 Å². The predicted octanol–water partition coefficient (Wildman–Crippen LogP) is 4.40. The molecule has 1 unspecified atom stereocenters. The molecule has 0 bridgehead atoms. The summed E-state index contributed by atoms with van der Waals surface area (Å²) in [5, 5.41) is 13.5. The van der Waals surface area contributed by atoms with Gasteiger partial charge in [-0.2, -0.15) is 0 Å². The second-order valence-corrected chi connectivity index (χ2v) is 5.45. The Morgan fingerprint density at radius 2 is 1.89 bits per heavy atom. The Balaban J connectivity index is 2.10. The molecule has 0 saturated carbocycles. The number of phenolic OH excluding ortho intramolecular Hbond substituents is 1. The highest BCUT2D eigenvalue weighted by Crippen LogP contribution is 2.29. The Morgan fingerprint density at radius 3 is 2.58 bits per heavy atom. The van der Waals surface area contributed by atoms with Crippen molar-refractivity contribution in [2.24, 2.45) is 0 Å². The highest BCUT2D eigenvalue weighted by Gasteiger charge is 2.13. The first kappa shape index (κ1) is 14.1. The first-order valence-corrected chi connectivity index (χ1v) is 7.25. The number of hydrogen-bond donors (Lipinski definition) is 2. The molecule has 3 heteroatoms. The van der Waals surface area contributed by atoms with Crippen LogP contribution in [0.25, 0.3) is 0 Å². The molecule has 2 aromatic rings. The molecule has 2 aromatic carbocycles. The molecule has 0 aliphatic rings. The van der Waals surface area contributed by atoms with E-state index in [9.17, 15) is 5.11 Å². The quantitative estimate of drug-likeness (QED) is 0.856. The monoisotopic (exact) mass is 319 g/mol. The van der Waals surface area contributed by atoms with Gasteiger partial charge in [0, 0.05) is 22.6 Å². The summed E-state index contributed by atoms with van der Waals surface area (Å²) in [5.41, 5.74) is 2.18. The van der Waals surface area contributed by atoms with Gasteiger partial charge in [-0.25, -0.2) is 0 Å². The maximum absolute atomic E-state index is 9.97. The number of nitrogens with one attached hydrogen (secondary N) is 1. The fraction of sp³-hybridized carbons (Fsp3) is 0.250.